The predicted octanol–water partition coefficient (Wildman–Crippen LogP) is 2.99. The van der Waals surface area contributed by atoms with E-state index in [2.05, 4.69) is 26.3 Å². The predicted molar refractivity (Wildman–Crippen MR) is 95.4 cm³/mol. The molecular weight excluding hydrogens is 374 g/mol. The Labute approximate surface area is 148 Å². The highest BCUT2D eigenvalue weighted by Gasteiger charge is 2.08. The molecule has 0 aliphatic carbocycles. The van der Waals surface area contributed by atoms with Gasteiger partial charge in [0.15, 0.2) is 6.61 Å². The average molecular weight is 392 g/mol. The Kier molecular flexibility index (Phi) is 5.92. The highest BCUT2D eigenvalue weighted by atomic mass is 79.9. The van der Waals surface area contributed by atoms with Gasteiger partial charge in [0.2, 0.25) is 0 Å². The van der Waals surface area contributed by atoms with E-state index in [0.29, 0.717) is 5.69 Å². The summed E-state index contributed by atoms with van der Waals surface area (Å²) in [5.41, 5.74) is 3.28. The lowest BCUT2D eigenvalue weighted by Gasteiger charge is -2.05. The van der Waals surface area contributed by atoms with Crippen LogP contribution in [0.4, 0.5) is 5.69 Å². The molecular formula is C17H18BrN3O3. The first kappa shape index (κ1) is 17.9. The summed E-state index contributed by atoms with van der Waals surface area (Å²) in [4.78, 5) is 23.5. The van der Waals surface area contributed by atoms with Gasteiger partial charge in [0.05, 0.1) is 5.69 Å². The van der Waals surface area contributed by atoms with E-state index in [1.54, 1.807) is 22.9 Å². The van der Waals surface area contributed by atoms with E-state index in [0.717, 1.165) is 21.4 Å². The van der Waals surface area contributed by atoms with Gasteiger partial charge >= 0.3 is 5.97 Å². The number of nitrogens with one attached hydrogen (secondary N) is 1. The van der Waals surface area contributed by atoms with E-state index in [1.807, 2.05) is 33.0 Å². The zero-order chi connectivity index (χ0) is 17.7. The maximum absolute atomic E-state index is 11.8. The number of carbonyl (C=O) groups excluding carboxylic acids is 2. The number of rotatable bonds is 5. The first-order chi connectivity index (χ1) is 11.4. The highest BCUT2D eigenvalue weighted by Crippen LogP contribution is 2.14. The average Bonchev–Trinajstić information content (AvgIpc) is 2.78. The van der Waals surface area contributed by atoms with Crippen molar-refractivity contribution >= 4 is 39.6 Å². The van der Waals surface area contributed by atoms with Gasteiger partial charge in [-0.15, -0.1) is 0 Å². The van der Waals surface area contributed by atoms with Crippen molar-refractivity contribution in [1.29, 1.82) is 0 Å². The fourth-order valence-corrected chi connectivity index (χ4v) is 2.36. The van der Waals surface area contributed by atoms with Gasteiger partial charge in [0.25, 0.3) is 5.91 Å². The molecule has 0 spiro atoms. The van der Waals surface area contributed by atoms with E-state index in [4.69, 9.17) is 4.74 Å². The van der Waals surface area contributed by atoms with Crippen LogP contribution in [0.15, 0.2) is 34.8 Å². The number of aryl methyl sites for hydroxylation is 2. The molecule has 1 N–H and O–H groups in total. The Hall–Kier alpha value is -2.41. The summed E-state index contributed by atoms with van der Waals surface area (Å²) in [6.07, 6.45) is 2.94. The van der Waals surface area contributed by atoms with Crippen molar-refractivity contribution in [2.75, 3.05) is 11.9 Å². The van der Waals surface area contributed by atoms with Gasteiger partial charge in [-0.1, -0.05) is 15.9 Å². The van der Waals surface area contributed by atoms with Crippen LogP contribution < -0.4 is 5.32 Å². The molecule has 1 aromatic carbocycles. The summed E-state index contributed by atoms with van der Waals surface area (Å²) < 4.78 is 7.59. The van der Waals surface area contributed by atoms with Gasteiger partial charge in [0, 0.05) is 34.5 Å². The minimum Gasteiger partial charge on any atom is -0.452 e. The third-order valence-electron chi connectivity index (χ3n) is 3.42. The lowest BCUT2D eigenvalue weighted by atomic mass is 10.2. The van der Waals surface area contributed by atoms with Crippen molar-refractivity contribution in [2.45, 2.75) is 13.8 Å². The second-order valence-corrected chi connectivity index (χ2v) is 6.12. The Morgan fingerprint density at radius 3 is 2.54 bits per heavy atom. The molecule has 0 saturated carbocycles. The molecule has 2 aromatic rings. The van der Waals surface area contributed by atoms with E-state index >= 15 is 0 Å². The van der Waals surface area contributed by atoms with E-state index < -0.39 is 11.9 Å². The number of esters is 1. The first-order valence-corrected chi connectivity index (χ1v) is 8.06. The van der Waals surface area contributed by atoms with E-state index in [1.165, 1.54) is 6.08 Å². The normalized spacial score (nSPS) is 10.8. The minimum absolute atomic E-state index is 0.343. The van der Waals surface area contributed by atoms with Crippen LogP contribution >= 0.6 is 15.9 Å². The molecule has 0 aliphatic rings. The molecule has 2 rings (SSSR count). The third kappa shape index (κ3) is 4.79. The van der Waals surface area contributed by atoms with Crippen LogP contribution in [0.3, 0.4) is 0 Å². The van der Waals surface area contributed by atoms with Crippen LogP contribution in [-0.2, 0) is 21.4 Å². The van der Waals surface area contributed by atoms with Crippen LogP contribution in [-0.4, -0.2) is 28.3 Å². The lowest BCUT2D eigenvalue weighted by molar-refractivity contribution is -0.142. The van der Waals surface area contributed by atoms with Crippen LogP contribution in [0.2, 0.25) is 0 Å². The molecule has 7 heteroatoms. The molecule has 0 unspecified atom stereocenters. The molecule has 1 heterocycles. The third-order valence-corrected chi connectivity index (χ3v) is 3.95. The number of hydrogen-bond acceptors (Lipinski definition) is 4. The number of ether oxygens (including phenoxy) is 1. The summed E-state index contributed by atoms with van der Waals surface area (Å²) in [6, 6.07) is 7.11. The Morgan fingerprint density at radius 1 is 1.29 bits per heavy atom. The molecule has 0 bridgehead atoms. The van der Waals surface area contributed by atoms with Crippen molar-refractivity contribution < 1.29 is 14.3 Å². The molecule has 126 valence electrons. The molecule has 0 radical (unpaired) electrons. The van der Waals surface area contributed by atoms with E-state index in [9.17, 15) is 9.59 Å². The summed E-state index contributed by atoms with van der Waals surface area (Å²) in [6.45, 7) is 3.44. The van der Waals surface area contributed by atoms with Crippen LogP contribution in [0, 0.1) is 13.8 Å². The van der Waals surface area contributed by atoms with E-state index in [-0.39, 0.29) is 6.61 Å². The molecule has 0 saturated heterocycles. The Balaban J connectivity index is 1.85. The molecule has 6 nitrogen and oxygen atoms in total. The molecule has 1 aromatic heterocycles. The lowest BCUT2D eigenvalue weighted by Crippen LogP contribution is -2.20. The van der Waals surface area contributed by atoms with Crippen LogP contribution in [0.5, 0.6) is 0 Å². The SMILES string of the molecule is Cc1nn(C)c(C)c1/C=C/C(=O)OCC(=O)Nc1ccc(Br)cc1. The number of anilines is 1. The summed E-state index contributed by atoms with van der Waals surface area (Å²) in [5.74, 6) is -0.976. The fourth-order valence-electron chi connectivity index (χ4n) is 2.10. The summed E-state index contributed by atoms with van der Waals surface area (Å²) in [5, 5.41) is 6.91. The minimum atomic E-state index is -0.580. The van der Waals surface area contributed by atoms with Gasteiger partial charge < -0.3 is 10.1 Å². The highest BCUT2D eigenvalue weighted by molar-refractivity contribution is 9.10. The second-order valence-electron chi connectivity index (χ2n) is 5.20. The van der Waals surface area contributed by atoms with Gasteiger partial charge in [0.1, 0.15) is 0 Å². The summed E-state index contributed by atoms with van der Waals surface area (Å²) >= 11 is 3.31. The van der Waals surface area contributed by atoms with Crippen molar-refractivity contribution in [1.82, 2.24) is 9.78 Å². The molecule has 0 atom stereocenters. The number of benzene rings is 1. The standard InChI is InChI=1S/C17H18BrN3O3/c1-11-15(12(2)21(3)20-11)8-9-17(23)24-10-16(22)19-14-6-4-13(18)5-7-14/h4-9H,10H2,1-3H3,(H,19,22)/b9-8+. The van der Waals surface area contributed by atoms with Gasteiger partial charge in [-0.2, -0.15) is 5.10 Å². The number of aromatic nitrogens is 2. The Bertz CT molecular complexity index is 779. The fraction of sp³-hybridized carbons (Fsp3) is 0.235. The number of nitrogens with zero attached hydrogens (tertiary/aromatic N) is 2. The smallest absolute Gasteiger partial charge is 0.331 e. The Morgan fingerprint density at radius 2 is 1.96 bits per heavy atom. The molecule has 1 amide bonds. The van der Waals surface area contributed by atoms with Crippen molar-refractivity contribution in [3.05, 3.63) is 51.8 Å². The summed E-state index contributed by atoms with van der Waals surface area (Å²) in [7, 11) is 1.84. The van der Waals surface area contributed by atoms with Crippen molar-refractivity contribution in [2.24, 2.45) is 7.05 Å². The molecule has 24 heavy (non-hydrogen) atoms. The first-order valence-electron chi connectivity index (χ1n) is 7.27. The molecule has 0 aliphatic heterocycles. The molecule has 0 fully saturated rings. The van der Waals surface area contributed by atoms with Crippen molar-refractivity contribution in [3.63, 3.8) is 0 Å². The number of hydrogen-bond donors (Lipinski definition) is 1. The topological polar surface area (TPSA) is 73.2 Å². The number of halogens is 1. The quantitative estimate of drug-likeness (QED) is 0.627. The number of carbonyl (C=O) groups is 2. The second kappa shape index (κ2) is 7.92. The maximum atomic E-state index is 11.8. The van der Waals surface area contributed by atoms with Gasteiger partial charge in [-0.05, 0) is 44.2 Å². The van der Waals surface area contributed by atoms with Crippen LogP contribution in [0.1, 0.15) is 17.0 Å². The zero-order valence-corrected chi connectivity index (χ0v) is 15.3. The largest absolute Gasteiger partial charge is 0.452 e. The number of amides is 1. The zero-order valence-electron chi connectivity index (χ0n) is 13.7. The monoisotopic (exact) mass is 391 g/mol. The van der Waals surface area contributed by atoms with Gasteiger partial charge in [-0.25, -0.2) is 4.79 Å². The maximum Gasteiger partial charge on any atom is 0.331 e. The van der Waals surface area contributed by atoms with Crippen molar-refractivity contribution in [3.8, 4) is 0 Å². The van der Waals surface area contributed by atoms with Crippen LogP contribution in [0.25, 0.3) is 6.08 Å². The van der Waals surface area contributed by atoms with Gasteiger partial charge in [-0.3, -0.25) is 9.48 Å².